The SMILES string of the molecule is CCCCCCCCCCCCc1ccccc1[C@H](SCCC(=O)O)C(=O)O. The molecule has 0 amide bonds. The molecule has 0 aliphatic carbocycles. The number of hydrogen-bond acceptors (Lipinski definition) is 3. The van der Waals surface area contributed by atoms with E-state index in [0.717, 1.165) is 24.0 Å². The maximum atomic E-state index is 11.7. The van der Waals surface area contributed by atoms with Gasteiger partial charge in [-0.1, -0.05) is 89.0 Å². The lowest BCUT2D eigenvalue weighted by Gasteiger charge is -2.16. The Morgan fingerprint density at radius 1 is 0.893 bits per heavy atom. The average Bonchev–Trinajstić information content (AvgIpc) is 2.67. The fourth-order valence-corrected chi connectivity index (χ4v) is 4.46. The van der Waals surface area contributed by atoms with Gasteiger partial charge in [-0.3, -0.25) is 9.59 Å². The highest BCUT2D eigenvalue weighted by Gasteiger charge is 2.23. The molecule has 5 heteroatoms. The van der Waals surface area contributed by atoms with Gasteiger partial charge in [0.25, 0.3) is 0 Å². The standard InChI is InChI=1S/C23H36O4S/c1-2-3-4-5-6-7-8-9-10-11-14-19-15-12-13-16-20(19)22(23(26)27)28-18-17-21(24)25/h12-13,15-16,22H,2-11,14,17-18H2,1H3,(H,24,25)(H,26,27)/t22-/m0/s1. The van der Waals surface area contributed by atoms with Crippen molar-refractivity contribution in [2.45, 2.75) is 89.2 Å². The Morgan fingerprint density at radius 3 is 2.04 bits per heavy atom. The lowest BCUT2D eigenvalue weighted by atomic mass is 9.98. The summed E-state index contributed by atoms with van der Waals surface area (Å²) in [5, 5.41) is 17.7. The molecule has 0 fully saturated rings. The molecule has 4 nitrogen and oxygen atoms in total. The molecule has 0 radical (unpaired) electrons. The quantitative estimate of drug-likeness (QED) is 0.288. The van der Waals surface area contributed by atoms with Crippen LogP contribution in [0.15, 0.2) is 24.3 Å². The predicted molar refractivity (Wildman–Crippen MR) is 117 cm³/mol. The van der Waals surface area contributed by atoms with Crippen LogP contribution in [0.4, 0.5) is 0 Å². The van der Waals surface area contributed by atoms with Gasteiger partial charge in [-0.2, -0.15) is 0 Å². The van der Waals surface area contributed by atoms with Crippen molar-refractivity contribution < 1.29 is 19.8 Å². The minimum atomic E-state index is -0.897. The summed E-state index contributed by atoms with van der Waals surface area (Å²) < 4.78 is 0. The van der Waals surface area contributed by atoms with Crippen LogP contribution in [-0.2, 0) is 16.0 Å². The first-order valence-electron chi connectivity index (χ1n) is 10.7. The van der Waals surface area contributed by atoms with E-state index in [1.54, 1.807) is 0 Å². The third-order valence-electron chi connectivity index (χ3n) is 4.96. The van der Waals surface area contributed by atoms with Gasteiger partial charge in [0.1, 0.15) is 5.25 Å². The van der Waals surface area contributed by atoms with Gasteiger partial charge in [0, 0.05) is 5.75 Å². The molecule has 28 heavy (non-hydrogen) atoms. The van der Waals surface area contributed by atoms with Crippen molar-refractivity contribution >= 4 is 23.7 Å². The molecule has 0 spiro atoms. The summed E-state index contributed by atoms with van der Waals surface area (Å²) in [6.07, 6.45) is 13.7. The molecule has 0 unspecified atom stereocenters. The predicted octanol–water partition coefficient (Wildman–Crippen LogP) is 6.48. The smallest absolute Gasteiger partial charge is 0.321 e. The monoisotopic (exact) mass is 408 g/mol. The van der Waals surface area contributed by atoms with Crippen LogP contribution in [0.3, 0.4) is 0 Å². The zero-order valence-corrected chi connectivity index (χ0v) is 18.0. The third kappa shape index (κ3) is 10.7. The molecule has 0 aliphatic heterocycles. The zero-order chi connectivity index (χ0) is 20.6. The second kappa shape index (κ2) is 15.4. The summed E-state index contributed by atoms with van der Waals surface area (Å²) in [6.45, 7) is 2.24. The number of hydrogen-bond donors (Lipinski definition) is 2. The van der Waals surface area contributed by atoms with E-state index < -0.39 is 17.2 Å². The molecular weight excluding hydrogens is 372 g/mol. The van der Waals surface area contributed by atoms with Gasteiger partial charge >= 0.3 is 11.9 Å². The summed E-state index contributed by atoms with van der Waals surface area (Å²) in [4.78, 5) is 22.4. The van der Waals surface area contributed by atoms with E-state index in [1.165, 1.54) is 69.5 Å². The fraction of sp³-hybridized carbons (Fsp3) is 0.652. The van der Waals surface area contributed by atoms with Crippen LogP contribution in [0.1, 0.15) is 93.9 Å². The van der Waals surface area contributed by atoms with E-state index in [9.17, 15) is 14.7 Å². The summed E-state index contributed by atoms with van der Waals surface area (Å²) >= 11 is 1.20. The van der Waals surface area contributed by atoms with Crippen molar-refractivity contribution in [3.05, 3.63) is 35.4 Å². The van der Waals surface area contributed by atoms with Gasteiger partial charge in [0.15, 0.2) is 0 Å². The van der Waals surface area contributed by atoms with Crippen molar-refractivity contribution in [2.24, 2.45) is 0 Å². The Bertz CT molecular complexity index is 573. The molecule has 158 valence electrons. The van der Waals surface area contributed by atoms with Gasteiger partial charge in [0.05, 0.1) is 6.42 Å². The average molecular weight is 409 g/mol. The minimum Gasteiger partial charge on any atom is -0.481 e. The first-order valence-corrected chi connectivity index (χ1v) is 11.7. The number of aryl methyl sites for hydroxylation is 1. The van der Waals surface area contributed by atoms with Crippen LogP contribution in [0, 0.1) is 0 Å². The maximum absolute atomic E-state index is 11.7. The second-order valence-electron chi connectivity index (χ2n) is 7.36. The number of rotatable bonds is 17. The number of benzene rings is 1. The Balaban J connectivity index is 2.39. The van der Waals surface area contributed by atoms with Crippen molar-refractivity contribution in [2.75, 3.05) is 5.75 Å². The molecular formula is C23H36O4S. The Labute approximate surface area is 174 Å². The van der Waals surface area contributed by atoms with Crippen LogP contribution in [0.25, 0.3) is 0 Å². The third-order valence-corrected chi connectivity index (χ3v) is 6.19. The maximum Gasteiger partial charge on any atom is 0.321 e. The van der Waals surface area contributed by atoms with Crippen molar-refractivity contribution in [3.63, 3.8) is 0 Å². The minimum absolute atomic E-state index is 0.0188. The first-order chi connectivity index (χ1) is 13.6. The Kier molecular flexibility index (Phi) is 13.5. The highest BCUT2D eigenvalue weighted by Crippen LogP contribution is 2.32. The number of thioether (sulfide) groups is 1. The number of carboxylic acids is 2. The van der Waals surface area contributed by atoms with E-state index in [-0.39, 0.29) is 6.42 Å². The normalized spacial score (nSPS) is 12.0. The Hall–Kier alpha value is -1.49. The van der Waals surface area contributed by atoms with Crippen LogP contribution in [-0.4, -0.2) is 27.9 Å². The highest BCUT2D eigenvalue weighted by molar-refractivity contribution is 8.00. The van der Waals surface area contributed by atoms with E-state index in [4.69, 9.17) is 5.11 Å². The summed E-state index contributed by atoms with van der Waals surface area (Å²) in [5.74, 6) is -1.49. The fourth-order valence-electron chi connectivity index (χ4n) is 3.38. The molecule has 0 aliphatic rings. The molecule has 1 rings (SSSR count). The molecule has 0 heterocycles. The number of aliphatic carboxylic acids is 2. The van der Waals surface area contributed by atoms with Crippen LogP contribution in [0.5, 0.6) is 0 Å². The van der Waals surface area contributed by atoms with E-state index in [1.807, 2.05) is 24.3 Å². The van der Waals surface area contributed by atoms with Crippen LogP contribution < -0.4 is 0 Å². The Morgan fingerprint density at radius 2 is 1.46 bits per heavy atom. The van der Waals surface area contributed by atoms with Gasteiger partial charge in [0.2, 0.25) is 0 Å². The lowest BCUT2D eigenvalue weighted by Crippen LogP contribution is -2.12. The molecule has 1 aromatic carbocycles. The van der Waals surface area contributed by atoms with Gasteiger partial charge < -0.3 is 10.2 Å². The number of unbranched alkanes of at least 4 members (excludes halogenated alkanes) is 9. The van der Waals surface area contributed by atoms with Crippen molar-refractivity contribution in [1.82, 2.24) is 0 Å². The zero-order valence-electron chi connectivity index (χ0n) is 17.2. The van der Waals surface area contributed by atoms with E-state index in [2.05, 4.69) is 6.92 Å². The first kappa shape index (κ1) is 24.5. The molecule has 0 saturated carbocycles. The van der Waals surface area contributed by atoms with Gasteiger partial charge in [-0.15, -0.1) is 11.8 Å². The molecule has 0 bridgehead atoms. The number of carboxylic acid groups (broad SMARTS) is 2. The second-order valence-corrected chi connectivity index (χ2v) is 8.58. The van der Waals surface area contributed by atoms with E-state index in [0.29, 0.717) is 5.75 Å². The number of carbonyl (C=O) groups is 2. The summed E-state index contributed by atoms with van der Waals surface area (Å²) in [7, 11) is 0. The molecule has 0 aromatic heterocycles. The molecule has 1 atom stereocenters. The van der Waals surface area contributed by atoms with E-state index >= 15 is 0 Å². The largest absolute Gasteiger partial charge is 0.481 e. The summed E-state index contributed by atoms with van der Waals surface area (Å²) in [5.41, 5.74) is 1.90. The molecule has 1 aromatic rings. The van der Waals surface area contributed by atoms with Crippen molar-refractivity contribution in [3.8, 4) is 0 Å². The molecule has 0 saturated heterocycles. The van der Waals surface area contributed by atoms with Crippen molar-refractivity contribution in [1.29, 1.82) is 0 Å². The summed E-state index contributed by atoms with van der Waals surface area (Å²) in [6, 6.07) is 7.70. The van der Waals surface area contributed by atoms with Crippen LogP contribution >= 0.6 is 11.8 Å². The van der Waals surface area contributed by atoms with Gasteiger partial charge in [-0.25, -0.2) is 0 Å². The molecule has 2 N–H and O–H groups in total. The lowest BCUT2D eigenvalue weighted by molar-refractivity contribution is -0.137. The topological polar surface area (TPSA) is 74.6 Å². The van der Waals surface area contributed by atoms with Gasteiger partial charge in [-0.05, 0) is 24.0 Å². The van der Waals surface area contributed by atoms with Crippen LogP contribution in [0.2, 0.25) is 0 Å². The highest BCUT2D eigenvalue weighted by atomic mass is 32.2.